The fraction of sp³-hybridized carbons (Fsp3) is 0.500. The monoisotopic (exact) mass is 353 g/mol. The van der Waals surface area contributed by atoms with Crippen LogP contribution in [0, 0.1) is 0 Å². The van der Waals surface area contributed by atoms with E-state index in [4.69, 9.17) is 9.72 Å². The van der Waals surface area contributed by atoms with Crippen LogP contribution in [0.25, 0.3) is 0 Å². The third kappa shape index (κ3) is 4.07. The number of nitrogens with zero attached hydrogens (tertiary/aromatic N) is 4. The molecule has 2 aliphatic heterocycles. The summed E-state index contributed by atoms with van der Waals surface area (Å²) in [5, 5.41) is 3.43. The minimum Gasteiger partial charge on any atom is -0.378 e. The van der Waals surface area contributed by atoms with E-state index in [-0.39, 0.29) is 0 Å². The number of anilines is 4. The van der Waals surface area contributed by atoms with Crippen LogP contribution in [-0.4, -0.2) is 49.4 Å². The van der Waals surface area contributed by atoms with E-state index in [1.165, 1.54) is 31.4 Å². The average Bonchev–Trinajstić information content (AvgIpc) is 2.99. The molecule has 0 spiro atoms. The fourth-order valence-electron chi connectivity index (χ4n) is 3.67. The van der Waals surface area contributed by atoms with Gasteiger partial charge in [-0.25, -0.2) is 4.98 Å². The summed E-state index contributed by atoms with van der Waals surface area (Å²) in [5.74, 6) is 1.68. The Balaban J connectivity index is 1.53. The molecule has 0 bridgehead atoms. The Kier molecular flexibility index (Phi) is 5.50. The van der Waals surface area contributed by atoms with Crippen LogP contribution >= 0.6 is 0 Å². The Hall–Kier alpha value is -2.34. The van der Waals surface area contributed by atoms with Crippen molar-refractivity contribution >= 4 is 23.1 Å². The number of hydrogen-bond donors (Lipinski definition) is 1. The zero-order chi connectivity index (χ0) is 17.6. The van der Waals surface area contributed by atoms with Gasteiger partial charge in [0, 0.05) is 32.4 Å². The Morgan fingerprint density at radius 2 is 1.62 bits per heavy atom. The molecule has 0 atom stereocenters. The molecule has 2 saturated heterocycles. The van der Waals surface area contributed by atoms with Crippen LogP contribution in [0.5, 0.6) is 0 Å². The van der Waals surface area contributed by atoms with E-state index in [9.17, 15) is 0 Å². The van der Waals surface area contributed by atoms with Gasteiger partial charge in [-0.05, 0) is 31.0 Å². The maximum Gasteiger partial charge on any atom is 0.229 e. The standard InChI is InChI=1S/C20H27N5O/c1-2-6-12-25(11-5-1)19-9-10-21-20(23-19)22-17-7-3-4-8-18(17)24-13-15-26-16-14-24/h3-4,7-10H,1-2,5-6,11-16H2,(H,21,22,23). The summed E-state index contributed by atoms with van der Waals surface area (Å²) in [6.07, 6.45) is 6.98. The average molecular weight is 353 g/mol. The lowest BCUT2D eigenvalue weighted by molar-refractivity contribution is 0.123. The molecule has 2 aliphatic rings. The number of morpholine rings is 1. The van der Waals surface area contributed by atoms with Gasteiger partial charge in [0.2, 0.25) is 5.95 Å². The van der Waals surface area contributed by atoms with E-state index in [2.05, 4.69) is 38.3 Å². The molecule has 0 unspecified atom stereocenters. The highest BCUT2D eigenvalue weighted by Crippen LogP contribution is 2.28. The summed E-state index contributed by atoms with van der Waals surface area (Å²) in [7, 11) is 0. The van der Waals surface area contributed by atoms with Gasteiger partial charge in [-0.3, -0.25) is 0 Å². The molecule has 6 nitrogen and oxygen atoms in total. The molecule has 0 radical (unpaired) electrons. The van der Waals surface area contributed by atoms with Crippen molar-refractivity contribution in [3.63, 3.8) is 0 Å². The third-order valence-electron chi connectivity index (χ3n) is 5.07. The highest BCUT2D eigenvalue weighted by atomic mass is 16.5. The molecule has 2 aromatic rings. The summed E-state index contributed by atoms with van der Waals surface area (Å²) in [6.45, 7) is 5.53. The predicted octanol–water partition coefficient (Wildman–Crippen LogP) is 3.44. The number of hydrogen-bond acceptors (Lipinski definition) is 6. The zero-order valence-corrected chi connectivity index (χ0v) is 15.2. The lowest BCUT2D eigenvalue weighted by Gasteiger charge is -2.30. The normalized spacial score (nSPS) is 18.5. The molecule has 1 aromatic carbocycles. The van der Waals surface area contributed by atoms with Gasteiger partial charge >= 0.3 is 0 Å². The predicted molar refractivity (Wildman–Crippen MR) is 105 cm³/mol. The molecule has 0 amide bonds. The second-order valence-electron chi connectivity index (χ2n) is 6.88. The highest BCUT2D eigenvalue weighted by molar-refractivity contribution is 5.73. The highest BCUT2D eigenvalue weighted by Gasteiger charge is 2.16. The van der Waals surface area contributed by atoms with Crippen LogP contribution in [0.1, 0.15) is 25.7 Å². The van der Waals surface area contributed by atoms with Crippen LogP contribution in [0.4, 0.5) is 23.1 Å². The van der Waals surface area contributed by atoms with Gasteiger partial charge in [0.15, 0.2) is 0 Å². The smallest absolute Gasteiger partial charge is 0.229 e. The summed E-state index contributed by atoms with van der Waals surface area (Å²) in [6, 6.07) is 10.4. The van der Waals surface area contributed by atoms with Gasteiger partial charge in [-0.15, -0.1) is 0 Å². The van der Waals surface area contributed by atoms with E-state index < -0.39 is 0 Å². The number of para-hydroxylation sites is 2. The molecule has 6 heteroatoms. The number of benzene rings is 1. The van der Waals surface area contributed by atoms with Crippen LogP contribution in [-0.2, 0) is 4.74 Å². The summed E-state index contributed by atoms with van der Waals surface area (Å²) in [5.41, 5.74) is 2.22. The van der Waals surface area contributed by atoms with Crippen molar-refractivity contribution in [2.45, 2.75) is 25.7 Å². The maximum atomic E-state index is 5.48. The maximum absolute atomic E-state index is 5.48. The Morgan fingerprint density at radius 3 is 2.42 bits per heavy atom. The largest absolute Gasteiger partial charge is 0.378 e. The minimum atomic E-state index is 0.660. The Labute approximate surface area is 155 Å². The van der Waals surface area contributed by atoms with E-state index in [1.807, 2.05) is 18.3 Å². The summed E-state index contributed by atoms with van der Waals surface area (Å²) in [4.78, 5) is 14.0. The van der Waals surface area contributed by atoms with E-state index in [1.54, 1.807) is 0 Å². The second kappa shape index (κ2) is 8.36. The van der Waals surface area contributed by atoms with E-state index in [0.717, 1.165) is 50.9 Å². The summed E-state index contributed by atoms with van der Waals surface area (Å²) < 4.78 is 5.48. The molecular formula is C20H27N5O. The molecule has 2 fully saturated rings. The lowest BCUT2D eigenvalue weighted by Crippen LogP contribution is -2.36. The number of nitrogens with one attached hydrogen (secondary N) is 1. The molecule has 0 saturated carbocycles. The number of ether oxygens (including phenoxy) is 1. The van der Waals surface area contributed by atoms with Crippen molar-refractivity contribution in [3.8, 4) is 0 Å². The van der Waals surface area contributed by atoms with Crippen LogP contribution in [0.2, 0.25) is 0 Å². The molecule has 1 N–H and O–H groups in total. The van der Waals surface area contributed by atoms with Gasteiger partial charge in [-0.2, -0.15) is 4.98 Å². The molecular weight excluding hydrogens is 326 g/mol. The van der Waals surface area contributed by atoms with Gasteiger partial charge < -0.3 is 19.9 Å². The number of rotatable bonds is 4. The molecule has 138 valence electrons. The first-order chi connectivity index (χ1) is 12.9. The van der Waals surface area contributed by atoms with Crippen molar-refractivity contribution in [1.29, 1.82) is 0 Å². The quantitative estimate of drug-likeness (QED) is 0.909. The minimum absolute atomic E-state index is 0.660. The molecule has 4 rings (SSSR count). The zero-order valence-electron chi connectivity index (χ0n) is 15.2. The first-order valence-electron chi connectivity index (χ1n) is 9.67. The van der Waals surface area contributed by atoms with Crippen molar-refractivity contribution in [2.75, 3.05) is 54.5 Å². The first kappa shape index (κ1) is 17.1. The van der Waals surface area contributed by atoms with Gasteiger partial charge in [0.25, 0.3) is 0 Å². The van der Waals surface area contributed by atoms with Crippen LogP contribution < -0.4 is 15.1 Å². The molecule has 3 heterocycles. The fourth-order valence-corrected chi connectivity index (χ4v) is 3.67. The lowest BCUT2D eigenvalue weighted by atomic mass is 10.2. The van der Waals surface area contributed by atoms with Gasteiger partial charge in [0.05, 0.1) is 24.6 Å². The Bertz CT molecular complexity index is 709. The van der Waals surface area contributed by atoms with Gasteiger partial charge in [0.1, 0.15) is 5.82 Å². The van der Waals surface area contributed by atoms with E-state index >= 15 is 0 Å². The summed E-state index contributed by atoms with van der Waals surface area (Å²) >= 11 is 0. The van der Waals surface area contributed by atoms with Crippen molar-refractivity contribution in [2.24, 2.45) is 0 Å². The molecule has 26 heavy (non-hydrogen) atoms. The van der Waals surface area contributed by atoms with Crippen molar-refractivity contribution in [3.05, 3.63) is 36.5 Å². The number of aromatic nitrogens is 2. The SMILES string of the molecule is c1ccc(N2CCOCC2)c(Nc2nccc(N3CCCCCC3)n2)c1. The van der Waals surface area contributed by atoms with Crippen molar-refractivity contribution in [1.82, 2.24) is 9.97 Å². The van der Waals surface area contributed by atoms with Crippen molar-refractivity contribution < 1.29 is 4.74 Å². The second-order valence-corrected chi connectivity index (χ2v) is 6.88. The topological polar surface area (TPSA) is 53.5 Å². The third-order valence-corrected chi connectivity index (χ3v) is 5.07. The van der Waals surface area contributed by atoms with Crippen LogP contribution in [0.3, 0.4) is 0 Å². The first-order valence-corrected chi connectivity index (χ1v) is 9.67. The Morgan fingerprint density at radius 1 is 0.846 bits per heavy atom. The molecule has 0 aliphatic carbocycles. The van der Waals surface area contributed by atoms with Gasteiger partial charge in [-0.1, -0.05) is 25.0 Å². The van der Waals surface area contributed by atoms with Crippen LogP contribution in [0.15, 0.2) is 36.5 Å². The molecule has 1 aromatic heterocycles. The van der Waals surface area contributed by atoms with E-state index in [0.29, 0.717) is 5.95 Å².